The van der Waals surface area contributed by atoms with Gasteiger partial charge < -0.3 is 16.4 Å². The molecule has 4 N–H and O–H groups in total. The van der Waals surface area contributed by atoms with E-state index in [4.69, 9.17) is 5.73 Å². The second-order valence-corrected chi connectivity index (χ2v) is 5.82. The van der Waals surface area contributed by atoms with Gasteiger partial charge in [0.1, 0.15) is 23.5 Å². The molecule has 29 heavy (non-hydrogen) atoms. The van der Waals surface area contributed by atoms with Gasteiger partial charge >= 0.3 is 12.4 Å². The molecule has 0 unspecified atom stereocenters. The van der Waals surface area contributed by atoms with Gasteiger partial charge in [0.2, 0.25) is 17.8 Å². The lowest BCUT2D eigenvalue weighted by atomic mass is 10.3. The van der Waals surface area contributed by atoms with E-state index < -0.39 is 65.3 Å². The first kappa shape index (κ1) is 22.3. The summed E-state index contributed by atoms with van der Waals surface area (Å²) in [7, 11) is 0. The first-order valence-electron chi connectivity index (χ1n) is 7.73. The lowest BCUT2D eigenvalue weighted by Gasteiger charge is -2.20. The van der Waals surface area contributed by atoms with Crippen LogP contribution < -0.4 is 16.4 Å². The Morgan fingerprint density at radius 3 is 1.66 bits per heavy atom. The number of nitrogens with two attached hydrogens (primary N) is 1. The topological polar surface area (TPSA) is 102 Å². The molecule has 15 heteroatoms. The Morgan fingerprint density at radius 2 is 1.28 bits per heavy atom. The quantitative estimate of drug-likeness (QED) is 0.492. The molecule has 0 saturated carbocycles. The summed E-state index contributed by atoms with van der Waals surface area (Å²) in [5.41, 5.74) is 3.52. The maximum atomic E-state index is 13.7. The van der Waals surface area contributed by atoms with Crippen LogP contribution in [0.1, 0.15) is 13.8 Å². The van der Waals surface area contributed by atoms with Crippen molar-refractivity contribution >= 4 is 17.6 Å². The van der Waals surface area contributed by atoms with Crippen LogP contribution in [0.3, 0.4) is 0 Å². The summed E-state index contributed by atoms with van der Waals surface area (Å²) in [6, 6.07) is -3.82. The molecule has 2 rings (SSSR count). The zero-order valence-corrected chi connectivity index (χ0v) is 14.6. The standard InChI is InChI=1S/C14H13F8N7/c1-4(13(17,18)19)24-11-27-10(7-3-6(15)8(23)9(16)26-7)28-12(29-11)25-5(2)14(20,21)22/h3-5H,23H2,1-2H3,(H2,24,25,27,28,29)/t4-,5-/m1/s1. The van der Waals surface area contributed by atoms with Crippen molar-refractivity contribution in [3.63, 3.8) is 0 Å². The number of rotatable bonds is 5. The van der Waals surface area contributed by atoms with Gasteiger partial charge in [0.25, 0.3) is 0 Å². The number of hydrogen-bond acceptors (Lipinski definition) is 7. The van der Waals surface area contributed by atoms with Crippen molar-refractivity contribution in [2.45, 2.75) is 38.3 Å². The molecular weight excluding hydrogens is 418 g/mol. The smallest absolute Gasteiger partial charge is 0.393 e. The van der Waals surface area contributed by atoms with Gasteiger partial charge in [-0.25, -0.2) is 9.37 Å². The predicted molar refractivity (Wildman–Crippen MR) is 85.7 cm³/mol. The van der Waals surface area contributed by atoms with Gasteiger partial charge in [0.15, 0.2) is 11.6 Å². The summed E-state index contributed by atoms with van der Waals surface area (Å²) < 4.78 is 104. The molecule has 2 aromatic heterocycles. The van der Waals surface area contributed by atoms with Gasteiger partial charge in [-0.15, -0.1) is 0 Å². The van der Waals surface area contributed by atoms with Crippen molar-refractivity contribution in [2.24, 2.45) is 0 Å². The largest absolute Gasteiger partial charge is 0.408 e. The number of anilines is 3. The number of aromatic nitrogens is 4. The third-order valence-corrected chi connectivity index (χ3v) is 3.50. The average molecular weight is 431 g/mol. The van der Waals surface area contributed by atoms with Crippen LogP contribution in [0.2, 0.25) is 0 Å². The zero-order valence-electron chi connectivity index (χ0n) is 14.6. The number of alkyl halides is 6. The molecule has 0 fully saturated rings. The minimum atomic E-state index is -4.74. The fraction of sp³-hybridized carbons (Fsp3) is 0.429. The highest BCUT2D eigenvalue weighted by molar-refractivity contribution is 5.57. The molecule has 0 radical (unpaired) electrons. The van der Waals surface area contributed by atoms with Crippen LogP contribution in [0, 0.1) is 11.8 Å². The maximum Gasteiger partial charge on any atom is 0.408 e. The first-order valence-corrected chi connectivity index (χ1v) is 7.73. The van der Waals surface area contributed by atoms with Crippen molar-refractivity contribution in [1.29, 1.82) is 0 Å². The molecule has 0 amide bonds. The van der Waals surface area contributed by atoms with Gasteiger partial charge in [-0.05, 0) is 13.8 Å². The number of nitrogens with one attached hydrogen (secondary N) is 2. The Kier molecular flexibility index (Phi) is 5.99. The molecule has 0 aliphatic rings. The number of nitrogen functional groups attached to an aromatic ring is 1. The van der Waals surface area contributed by atoms with Crippen molar-refractivity contribution in [2.75, 3.05) is 16.4 Å². The third-order valence-electron chi connectivity index (χ3n) is 3.50. The van der Waals surface area contributed by atoms with Crippen molar-refractivity contribution in [3.05, 3.63) is 17.8 Å². The van der Waals surface area contributed by atoms with E-state index in [1.165, 1.54) is 0 Å². The fourth-order valence-corrected chi connectivity index (χ4v) is 1.78. The molecule has 0 saturated heterocycles. The van der Waals surface area contributed by atoms with Gasteiger partial charge in [0, 0.05) is 6.07 Å². The summed E-state index contributed by atoms with van der Waals surface area (Å²) in [5.74, 6) is -5.01. The molecule has 2 atom stereocenters. The van der Waals surface area contributed by atoms with Crippen LogP contribution in [-0.4, -0.2) is 44.4 Å². The number of halogens is 8. The number of hydrogen-bond donors (Lipinski definition) is 3. The molecule has 0 aromatic carbocycles. The minimum absolute atomic E-state index is 0.571. The van der Waals surface area contributed by atoms with Crippen LogP contribution in [0.25, 0.3) is 11.5 Å². The highest BCUT2D eigenvalue weighted by atomic mass is 19.4. The first-order chi connectivity index (χ1) is 13.2. The van der Waals surface area contributed by atoms with E-state index in [0.29, 0.717) is 19.9 Å². The lowest BCUT2D eigenvalue weighted by molar-refractivity contribution is -0.139. The third kappa shape index (κ3) is 5.51. The SMILES string of the molecule is C[C@@H](Nc1nc(N[C@H](C)C(F)(F)F)nc(-c2cc(F)c(N)c(F)n2)n1)C(F)(F)F. The fourth-order valence-electron chi connectivity index (χ4n) is 1.78. The summed E-state index contributed by atoms with van der Waals surface area (Å²) in [6.45, 7) is 1.41. The molecule has 0 bridgehead atoms. The lowest BCUT2D eigenvalue weighted by Crippen LogP contribution is -2.35. The van der Waals surface area contributed by atoms with E-state index in [1.54, 1.807) is 0 Å². The van der Waals surface area contributed by atoms with Crippen LogP contribution in [0.5, 0.6) is 0 Å². The van der Waals surface area contributed by atoms with Gasteiger partial charge in [-0.3, -0.25) is 0 Å². The zero-order chi connectivity index (χ0) is 22.1. The summed E-state index contributed by atoms with van der Waals surface area (Å²) in [4.78, 5) is 13.8. The molecular formula is C14H13F8N7. The Labute approximate surface area is 157 Å². The molecule has 0 aliphatic heterocycles. The second kappa shape index (κ2) is 7.79. The van der Waals surface area contributed by atoms with Crippen LogP contribution in [-0.2, 0) is 0 Å². The van der Waals surface area contributed by atoms with Crippen LogP contribution in [0.15, 0.2) is 6.07 Å². The molecule has 0 spiro atoms. The average Bonchev–Trinajstić information content (AvgIpc) is 2.57. The van der Waals surface area contributed by atoms with Gasteiger partial charge in [0.05, 0.1) is 0 Å². The van der Waals surface area contributed by atoms with E-state index in [9.17, 15) is 35.1 Å². The Bertz CT molecular complexity index is 820. The predicted octanol–water partition coefficient (Wildman–Crippen LogP) is 3.52. The Balaban J connectivity index is 2.52. The summed E-state index contributed by atoms with van der Waals surface area (Å²) in [6.07, 6.45) is -9.48. The summed E-state index contributed by atoms with van der Waals surface area (Å²) >= 11 is 0. The Morgan fingerprint density at radius 1 is 0.828 bits per heavy atom. The second-order valence-electron chi connectivity index (χ2n) is 5.82. The number of pyridine rings is 1. The van der Waals surface area contributed by atoms with Crippen molar-refractivity contribution in [1.82, 2.24) is 19.9 Å². The highest BCUT2D eigenvalue weighted by Crippen LogP contribution is 2.26. The van der Waals surface area contributed by atoms with Crippen molar-refractivity contribution in [3.8, 4) is 11.5 Å². The highest BCUT2D eigenvalue weighted by Gasteiger charge is 2.38. The minimum Gasteiger partial charge on any atom is -0.393 e. The molecule has 160 valence electrons. The van der Waals surface area contributed by atoms with Gasteiger partial charge in [-0.1, -0.05) is 0 Å². The van der Waals surface area contributed by atoms with Crippen molar-refractivity contribution < 1.29 is 35.1 Å². The van der Waals surface area contributed by atoms with Gasteiger partial charge in [-0.2, -0.15) is 45.7 Å². The number of nitrogens with zero attached hydrogens (tertiary/aromatic N) is 4. The van der Waals surface area contributed by atoms with E-state index in [2.05, 4.69) is 19.9 Å². The maximum absolute atomic E-state index is 13.7. The molecule has 0 aliphatic carbocycles. The van der Waals surface area contributed by atoms with E-state index in [0.717, 1.165) is 0 Å². The normalized spacial score (nSPS) is 14.4. The Hall–Kier alpha value is -3.00. The van der Waals surface area contributed by atoms with E-state index >= 15 is 0 Å². The molecule has 2 heterocycles. The van der Waals surface area contributed by atoms with E-state index in [1.807, 2.05) is 10.6 Å². The monoisotopic (exact) mass is 431 g/mol. The van der Waals surface area contributed by atoms with Crippen LogP contribution >= 0.6 is 0 Å². The molecule has 7 nitrogen and oxygen atoms in total. The van der Waals surface area contributed by atoms with Crippen LogP contribution in [0.4, 0.5) is 52.7 Å². The summed E-state index contributed by atoms with van der Waals surface area (Å²) in [5, 5.41) is 3.67. The van der Waals surface area contributed by atoms with E-state index in [-0.39, 0.29) is 0 Å². The molecule has 2 aromatic rings.